The number of nitrogens with zero attached hydrogens (tertiary/aromatic N) is 1. The Hall–Kier alpha value is -1.42. The predicted molar refractivity (Wildman–Crippen MR) is 83.0 cm³/mol. The average molecular weight is 276 g/mol. The van der Waals surface area contributed by atoms with Crippen LogP contribution >= 0.6 is 11.8 Å². The summed E-state index contributed by atoms with van der Waals surface area (Å²) in [6.07, 6.45) is 3.50. The third-order valence-electron chi connectivity index (χ3n) is 3.09. The molecule has 0 saturated carbocycles. The third kappa shape index (κ3) is 4.03. The summed E-state index contributed by atoms with van der Waals surface area (Å²) in [4.78, 5) is 14.1. The molecule has 1 aromatic carbocycles. The number of carbonyl (C=O) groups is 1. The maximum Gasteiger partial charge on any atom is 0.246 e. The molecule has 0 spiro atoms. The first-order valence-corrected chi connectivity index (χ1v) is 7.47. The number of hydrogen-bond acceptors (Lipinski definition) is 3. The molecule has 1 fully saturated rings. The smallest absolute Gasteiger partial charge is 0.246 e. The van der Waals surface area contributed by atoms with Gasteiger partial charge in [0.25, 0.3) is 0 Å². The van der Waals surface area contributed by atoms with Crippen molar-refractivity contribution in [3.05, 3.63) is 35.9 Å². The van der Waals surface area contributed by atoms with Gasteiger partial charge in [-0.25, -0.2) is 0 Å². The maximum atomic E-state index is 12.1. The molecule has 3 nitrogen and oxygen atoms in total. The zero-order valence-corrected chi connectivity index (χ0v) is 12.2. The summed E-state index contributed by atoms with van der Waals surface area (Å²) in [7, 11) is 0. The Bertz CT molecular complexity index is 460. The van der Waals surface area contributed by atoms with Crippen molar-refractivity contribution in [3.63, 3.8) is 0 Å². The molecule has 2 unspecified atom stereocenters. The van der Waals surface area contributed by atoms with Gasteiger partial charge in [0.05, 0.1) is 0 Å². The minimum absolute atomic E-state index is 0.0934. The van der Waals surface area contributed by atoms with E-state index in [1.807, 2.05) is 47.0 Å². The van der Waals surface area contributed by atoms with E-state index < -0.39 is 0 Å². The first-order valence-electron chi connectivity index (χ1n) is 6.52. The van der Waals surface area contributed by atoms with Gasteiger partial charge in [-0.15, -0.1) is 0 Å². The molecule has 0 radical (unpaired) electrons. The Labute approximate surface area is 118 Å². The molecule has 2 N–H and O–H groups in total. The molecule has 2 atom stereocenters. The summed E-state index contributed by atoms with van der Waals surface area (Å²) in [6.45, 7) is 6.01. The quantitative estimate of drug-likeness (QED) is 0.667. The van der Waals surface area contributed by atoms with Gasteiger partial charge >= 0.3 is 0 Å². The molecule has 1 aliphatic heterocycles. The third-order valence-corrected chi connectivity index (χ3v) is 4.31. The fourth-order valence-corrected chi connectivity index (χ4v) is 3.56. The Morgan fingerprint density at radius 2 is 1.84 bits per heavy atom. The van der Waals surface area contributed by atoms with E-state index in [1.165, 1.54) is 0 Å². The standard InChI is InChI=1S/C15H20N2OS/c1-11-9-17(10-12(2)19-11)15(18)8-5-13-3-6-14(16)7-4-13/h3-8,11-12H,9-10,16H2,1-2H3/b8-5+. The van der Waals surface area contributed by atoms with Crippen molar-refractivity contribution in [2.24, 2.45) is 0 Å². The van der Waals surface area contributed by atoms with Crippen LogP contribution in [0.1, 0.15) is 19.4 Å². The van der Waals surface area contributed by atoms with Crippen LogP contribution in [0, 0.1) is 0 Å². The maximum absolute atomic E-state index is 12.1. The highest BCUT2D eigenvalue weighted by atomic mass is 32.2. The average Bonchev–Trinajstić information content (AvgIpc) is 2.36. The lowest BCUT2D eigenvalue weighted by molar-refractivity contribution is -0.126. The summed E-state index contributed by atoms with van der Waals surface area (Å²) in [5, 5.41) is 1.02. The van der Waals surface area contributed by atoms with Gasteiger partial charge in [0.2, 0.25) is 5.91 Å². The zero-order valence-electron chi connectivity index (χ0n) is 11.4. The largest absolute Gasteiger partial charge is 0.399 e. The molecule has 1 amide bonds. The van der Waals surface area contributed by atoms with Gasteiger partial charge in [0.15, 0.2) is 0 Å². The number of rotatable bonds is 2. The van der Waals surface area contributed by atoms with Gasteiger partial charge in [0.1, 0.15) is 0 Å². The minimum Gasteiger partial charge on any atom is -0.399 e. The monoisotopic (exact) mass is 276 g/mol. The van der Waals surface area contributed by atoms with E-state index in [2.05, 4.69) is 13.8 Å². The van der Waals surface area contributed by atoms with Gasteiger partial charge in [-0.3, -0.25) is 4.79 Å². The van der Waals surface area contributed by atoms with Gasteiger partial charge in [0, 0.05) is 35.4 Å². The van der Waals surface area contributed by atoms with E-state index in [0.29, 0.717) is 10.5 Å². The normalized spacial score (nSPS) is 23.8. The SMILES string of the molecule is CC1CN(C(=O)/C=C/c2ccc(N)cc2)CC(C)S1. The summed E-state index contributed by atoms with van der Waals surface area (Å²) in [6, 6.07) is 7.50. The number of carbonyl (C=O) groups excluding carboxylic acids is 1. The molecule has 2 rings (SSSR count). The topological polar surface area (TPSA) is 46.3 Å². The van der Waals surface area contributed by atoms with Crippen LogP contribution in [0.3, 0.4) is 0 Å². The van der Waals surface area contributed by atoms with Crippen LogP contribution in [0.25, 0.3) is 6.08 Å². The molecule has 1 saturated heterocycles. The molecule has 1 aromatic rings. The van der Waals surface area contributed by atoms with Crippen LogP contribution in [0.2, 0.25) is 0 Å². The van der Waals surface area contributed by atoms with Crippen LogP contribution in [-0.2, 0) is 4.79 Å². The fraction of sp³-hybridized carbons (Fsp3) is 0.400. The summed E-state index contributed by atoms with van der Waals surface area (Å²) in [5.74, 6) is 0.0934. The second kappa shape index (κ2) is 6.15. The number of anilines is 1. The van der Waals surface area contributed by atoms with E-state index in [9.17, 15) is 4.79 Å². The van der Waals surface area contributed by atoms with Gasteiger partial charge in [-0.1, -0.05) is 26.0 Å². The lowest BCUT2D eigenvalue weighted by Gasteiger charge is -2.33. The van der Waals surface area contributed by atoms with Gasteiger partial charge < -0.3 is 10.6 Å². The number of nitrogens with two attached hydrogens (primary N) is 1. The van der Waals surface area contributed by atoms with Crippen LogP contribution in [0.15, 0.2) is 30.3 Å². The van der Waals surface area contributed by atoms with Crippen molar-refractivity contribution in [1.29, 1.82) is 0 Å². The molecule has 0 aromatic heterocycles. The first kappa shape index (κ1) is 14.0. The van der Waals surface area contributed by atoms with Crippen molar-refractivity contribution in [1.82, 2.24) is 4.90 Å². The molecule has 0 bridgehead atoms. The van der Waals surface area contributed by atoms with E-state index in [-0.39, 0.29) is 5.91 Å². The second-order valence-corrected chi connectivity index (χ2v) is 6.88. The summed E-state index contributed by atoms with van der Waals surface area (Å²) in [5.41, 5.74) is 7.36. The molecule has 4 heteroatoms. The molecular weight excluding hydrogens is 256 g/mol. The second-order valence-electron chi connectivity index (χ2n) is 5.00. The Balaban J connectivity index is 1.98. The molecule has 102 valence electrons. The highest BCUT2D eigenvalue weighted by Gasteiger charge is 2.24. The van der Waals surface area contributed by atoms with E-state index in [0.717, 1.165) is 24.3 Å². The number of amides is 1. The van der Waals surface area contributed by atoms with E-state index in [4.69, 9.17) is 5.73 Å². The lowest BCUT2D eigenvalue weighted by atomic mass is 10.2. The molecule has 1 heterocycles. The molecule has 1 aliphatic rings. The minimum atomic E-state index is 0.0934. The van der Waals surface area contributed by atoms with Crippen LogP contribution in [0.5, 0.6) is 0 Å². The first-order chi connectivity index (χ1) is 9.04. The number of benzene rings is 1. The van der Waals surface area contributed by atoms with Crippen molar-refractivity contribution < 1.29 is 4.79 Å². The fourth-order valence-electron chi connectivity index (χ4n) is 2.24. The molecule has 19 heavy (non-hydrogen) atoms. The van der Waals surface area contributed by atoms with Crippen molar-refractivity contribution in [2.75, 3.05) is 18.8 Å². The molecule has 0 aliphatic carbocycles. The zero-order chi connectivity index (χ0) is 13.8. The lowest BCUT2D eigenvalue weighted by Crippen LogP contribution is -2.43. The summed E-state index contributed by atoms with van der Waals surface area (Å²) < 4.78 is 0. The van der Waals surface area contributed by atoms with Crippen LogP contribution < -0.4 is 5.73 Å². The van der Waals surface area contributed by atoms with Crippen LogP contribution in [-0.4, -0.2) is 34.4 Å². The van der Waals surface area contributed by atoms with Crippen molar-refractivity contribution >= 4 is 29.4 Å². The van der Waals surface area contributed by atoms with Crippen molar-refractivity contribution in [2.45, 2.75) is 24.3 Å². The van der Waals surface area contributed by atoms with Crippen molar-refractivity contribution in [3.8, 4) is 0 Å². The number of hydrogen-bond donors (Lipinski definition) is 1. The van der Waals surface area contributed by atoms with Crippen LogP contribution in [0.4, 0.5) is 5.69 Å². The molecular formula is C15H20N2OS. The highest BCUT2D eigenvalue weighted by Crippen LogP contribution is 2.24. The van der Waals surface area contributed by atoms with E-state index >= 15 is 0 Å². The number of thioether (sulfide) groups is 1. The Morgan fingerprint density at radius 3 is 2.42 bits per heavy atom. The summed E-state index contributed by atoms with van der Waals surface area (Å²) >= 11 is 1.95. The number of nitrogen functional groups attached to an aromatic ring is 1. The van der Waals surface area contributed by atoms with Gasteiger partial charge in [-0.2, -0.15) is 11.8 Å². The Morgan fingerprint density at radius 1 is 1.26 bits per heavy atom. The predicted octanol–water partition coefficient (Wildman–Crippen LogP) is 2.63. The van der Waals surface area contributed by atoms with Gasteiger partial charge in [-0.05, 0) is 23.8 Å². The Kier molecular flexibility index (Phi) is 4.53. The van der Waals surface area contributed by atoms with E-state index in [1.54, 1.807) is 6.08 Å². The highest BCUT2D eigenvalue weighted by molar-refractivity contribution is 8.00.